The Morgan fingerprint density at radius 1 is 1.33 bits per heavy atom. The van der Waals surface area contributed by atoms with Gasteiger partial charge in [0, 0.05) is 39.3 Å². The van der Waals surface area contributed by atoms with Crippen LogP contribution in [0.3, 0.4) is 0 Å². The highest BCUT2D eigenvalue weighted by Gasteiger charge is 2.31. The fourth-order valence-corrected chi connectivity index (χ4v) is 1.97. The third kappa shape index (κ3) is 5.35. The molecule has 1 heterocycles. The van der Waals surface area contributed by atoms with Crippen molar-refractivity contribution in [3.63, 3.8) is 0 Å². The van der Waals surface area contributed by atoms with Gasteiger partial charge in [0.25, 0.3) is 0 Å². The van der Waals surface area contributed by atoms with Gasteiger partial charge >= 0.3 is 12.0 Å². The van der Waals surface area contributed by atoms with Gasteiger partial charge in [-0.05, 0) is 19.3 Å². The summed E-state index contributed by atoms with van der Waals surface area (Å²) in [4.78, 5) is 23.7. The summed E-state index contributed by atoms with van der Waals surface area (Å²) >= 11 is 0. The molecule has 6 nitrogen and oxygen atoms in total. The average Bonchev–Trinajstić information content (AvgIpc) is 2.27. The minimum atomic E-state index is -0.793. The Kier molecular flexibility index (Phi) is 6.49. The lowest BCUT2D eigenvalue weighted by Crippen LogP contribution is -2.54. The standard InChI is InChI=1S/C12H22N2O4/c1-18-6-4-2-3-5-13-12(17)14-8-10(9-14)7-11(15)16/h10H,2-9H2,1H3,(H,13,17)(H,15,16). The molecule has 0 aromatic heterocycles. The molecule has 0 bridgehead atoms. The number of hydrogen-bond acceptors (Lipinski definition) is 3. The van der Waals surface area contributed by atoms with Gasteiger partial charge in [0.15, 0.2) is 0 Å². The minimum absolute atomic E-state index is 0.0802. The molecule has 2 N–H and O–H groups in total. The molecule has 0 radical (unpaired) electrons. The number of hydrogen-bond donors (Lipinski definition) is 2. The van der Waals surface area contributed by atoms with Crippen molar-refractivity contribution in [1.82, 2.24) is 10.2 Å². The van der Waals surface area contributed by atoms with E-state index >= 15 is 0 Å². The van der Waals surface area contributed by atoms with E-state index in [1.165, 1.54) is 0 Å². The Morgan fingerprint density at radius 2 is 2.06 bits per heavy atom. The Morgan fingerprint density at radius 3 is 2.67 bits per heavy atom. The number of carboxylic acids is 1. The van der Waals surface area contributed by atoms with E-state index in [0.717, 1.165) is 25.9 Å². The van der Waals surface area contributed by atoms with Crippen molar-refractivity contribution < 1.29 is 19.4 Å². The van der Waals surface area contributed by atoms with Crippen LogP contribution in [0.15, 0.2) is 0 Å². The van der Waals surface area contributed by atoms with Crippen molar-refractivity contribution in [1.29, 1.82) is 0 Å². The fourth-order valence-electron chi connectivity index (χ4n) is 1.97. The van der Waals surface area contributed by atoms with Gasteiger partial charge in [0.05, 0.1) is 6.42 Å². The smallest absolute Gasteiger partial charge is 0.317 e. The van der Waals surface area contributed by atoms with Crippen molar-refractivity contribution in [3.8, 4) is 0 Å². The molecular weight excluding hydrogens is 236 g/mol. The largest absolute Gasteiger partial charge is 0.481 e. The second-order valence-corrected chi connectivity index (χ2v) is 4.65. The topological polar surface area (TPSA) is 78.9 Å². The number of nitrogens with zero attached hydrogens (tertiary/aromatic N) is 1. The Hall–Kier alpha value is -1.30. The van der Waals surface area contributed by atoms with Gasteiger partial charge in [-0.1, -0.05) is 0 Å². The van der Waals surface area contributed by atoms with Crippen LogP contribution in [0.2, 0.25) is 0 Å². The van der Waals surface area contributed by atoms with Crippen molar-refractivity contribution in [2.45, 2.75) is 25.7 Å². The van der Waals surface area contributed by atoms with Crippen molar-refractivity contribution in [2.24, 2.45) is 5.92 Å². The summed E-state index contributed by atoms with van der Waals surface area (Å²) in [5, 5.41) is 11.4. The molecule has 1 fully saturated rings. The summed E-state index contributed by atoms with van der Waals surface area (Å²) in [6.07, 6.45) is 3.15. The molecule has 0 atom stereocenters. The molecule has 1 rings (SSSR count). The average molecular weight is 258 g/mol. The molecule has 104 valence electrons. The van der Waals surface area contributed by atoms with Gasteiger partial charge < -0.3 is 20.1 Å². The van der Waals surface area contributed by atoms with Gasteiger partial charge in [0.1, 0.15) is 0 Å². The predicted octanol–water partition coefficient (Wildman–Crippen LogP) is 0.919. The summed E-state index contributed by atoms with van der Waals surface area (Å²) in [6, 6.07) is -0.0802. The number of urea groups is 1. The van der Waals surface area contributed by atoms with Gasteiger partial charge in [-0.2, -0.15) is 0 Å². The number of unbranched alkanes of at least 4 members (excludes halogenated alkanes) is 2. The lowest BCUT2D eigenvalue weighted by atomic mass is 9.97. The molecule has 1 aliphatic heterocycles. The number of rotatable bonds is 8. The zero-order valence-electron chi connectivity index (χ0n) is 10.9. The number of amides is 2. The molecule has 18 heavy (non-hydrogen) atoms. The second kappa shape index (κ2) is 7.92. The monoisotopic (exact) mass is 258 g/mol. The fraction of sp³-hybridized carbons (Fsp3) is 0.833. The molecule has 0 spiro atoms. The summed E-state index contributed by atoms with van der Waals surface area (Å²) in [7, 11) is 1.68. The third-order valence-electron chi connectivity index (χ3n) is 3.01. The normalized spacial score (nSPS) is 15.3. The molecule has 0 aromatic rings. The number of aliphatic carboxylic acids is 1. The van der Waals surface area contributed by atoms with Gasteiger partial charge in [-0.25, -0.2) is 4.79 Å². The Labute approximate surface area is 107 Å². The Balaban J connectivity index is 1.97. The molecule has 0 saturated carbocycles. The van der Waals surface area contributed by atoms with Gasteiger partial charge in [0.2, 0.25) is 0 Å². The van der Waals surface area contributed by atoms with Crippen molar-refractivity contribution >= 4 is 12.0 Å². The molecule has 0 unspecified atom stereocenters. The quantitative estimate of drug-likeness (QED) is 0.634. The number of nitrogens with one attached hydrogen (secondary N) is 1. The summed E-state index contributed by atoms with van der Waals surface area (Å²) < 4.78 is 4.93. The zero-order valence-corrected chi connectivity index (χ0v) is 10.9. The SMILES string of the molecule is COCCCCCNC(=O)N1CC(CC(=O)O)C1. The van der Waals surface area contributed by atoms with Crippen LogP contribution >= 0.6 is 0 Å². The van der Waals surface area contributed by atoms with Crippen LogP contribution in [0.4, 0.5) is 4.79 Å². The van der Waals surface area contributed by atoms with E-state index in [1.807, 2.05) is 0 Å². The summed E-state index contributed by atoms with van der Waals surface area (Å²) in [5.74, 6) is -0.673. The molecular formula is C12H22N2O4. The first kappa shape index (κ1) is 14.8. The number of carbonyl (C=O) groups excluding carboxylic acids is 1. The van der Waals surface area contributed by atoms with E-state index in [0.29, 0.717) is 19.6 Å². The van der Waals surface area contributed by atoms with Crippen LogP contribution in [0.1, 0.15) is 25.7 Å². The molecule has 0 aliphatic carbocycles. The predicted molar refractivity (Wildman–Crippen MR) is 66.4 cm³/mol. The van der Waals surface area contributed by atoms with Gasteiger partial charge in [-0.3, -0.25) is 4.79 Å². The highest BCUT2D eigenvalue weighted by Crippen LogP contribution is 2.18. The highest BCUT2D eigenvalue weighted by atomic mass is 16.5. The molecule has 2 amide bonds. The number of methoxy groups -OCH3 is 1. The van der Waals surface area contributed by atoms with Gasteiger partial charge in [-0.15, -0.1) is 0 Å². The summed E-state index contributed by atoms with van der Waals surface area (Å²) in [6.45, 7) is 2.54. The maximum absolute atomic E-state index is 11.6. The third-order valence-corrected chi connectivity index (χ3v) is 3.01. The van der Waals surface area contributed by atoms with Crippen molar-refractivity contribution in [2.75, 3.05) is 33.4 Å². The molecule has 1 aliphatic rings. The maximum atomic E-state index is 11.6. The number of ether oxygens (including phenoxy) is 1. The summed E-state index contributed by atoms with van der Waals surface area (Å²) in [5.41, 5.74) is 0. The maximum Gasteiger partial charge on any atom is 0.317 e. The van der Waals surface area contributed by atoms with Crippen LogP contribution in [0.5, 0.6) is 0 Å². The van der Waals surface area contributed by atoms with E-state index in [2.05, 4.69) is 5.32 Å². The van der Waals surface area contributed by atoms with E-state index in [-0.39, 0.29) is 18.4 Å². The van der Waals surface area contributed by atoms with E-state index < -0.39 is 5.97 Å². The minimum Gasteiger partial charge on any atom is -0.481 e. The van der Waals surface area contributed by atoms with Crippen LogP contribution in [-0.4, -0.2) is 55.4 Å². The van der Waals surface area contributed by atoms with Crippen LogP contribution in [0, 0.1) is 5.92 Å². The Bertz CT molecular complexity index is 277. The lowest BCUT2D eigenvalue weighted by Gasteiger charge is -2.38. The number of carbonyl (C=O) groups is 2. The zero-order chi connectivity index (χ0) is 13.4. The number of likely N-dealkylation sites (tertiary alicyclic amines) is 1. The van der Waals surface area contributed by atoms with E-state index in [4.69, 9.17) is 9.84 Å². The lowest BCUT2D eigenvalue weighted by molar-refractivity contribution is -0.139. The van der Waals surface area contributed by atoms with Crippen LogP contribution < -0.4 is 5.32 Å². The van der Waals surface area contributed by atoms with Crippen molar-refractivity contribution in [3.05, 3.63) is 0 Å². The van der Waals surface area contributed by atoms with Crippen LogP contribution in [0.25, 0.3) is 0 Å². The number of carboxylic acid groups (broad SMARTS) is 1. The highest BCUT2D eigenvalue weighted by molar-refractivity contribution is 5.75. The van der Waals surface area contributed by atoms with E-state index in [9.17, 15) is 9.59 Å². The first-order valence-electron chi connectivity index (χ1n) is 6.37. The molecule has 6 heteroatoms. The first-order valence-corrected chi connectivity index (χ1v) is 6.37. The van der Waals surface area contributed by atoms with Crippen LogP contribution in [-0.2, 0) is 9.53 Å². The molecule has 0 aromatic carbocycles. The second-order valence-electron chi connectivity index (χ2n) is 4.65. The first-order chi connectivity index (χ1) is 8.63. The molecule has 1 saturated heterocycles. The van der Waals surface area contributed by atoms with E-state index in [1.54, 1.807) is 12.0 Å².